The van der Waals surface area contributed by atoms with Crippen LogP contribution in [0.15, 0.2) is 48.5 Å². The lowest BCUT2D eigenvalue weighted by Crippen LogP contribution is -2.41. The molecule has 0 spiro atoms. The summed E-state index contributed by atoms with van der Waals surface area (Å²) in [5.74, 6) is -0.699. The molecule has 8 heteroatoms. The zero-order valence-corrected chi connectivity index (χ0v) is 12.1. The van der Waals surface area contributed by atoms with Crippen molar-refractivity contribution in [1.29, 1.82) is 0 Å². The van der Waals surface area contributed by atoms with Crippen LogP contribution in [-0.4, -0.2) is 23.8 Å². The van der Waals surface area contributed by atoms with Crippen LogP contribution in [0.5, 0.6) is 5.75 Å². The number of nitrogens with one attached hydrogen (secondary N) is 2. The lowest BCUT2D eigenvalue weighted by atomic mass is 10.2. The Labute approximate surface area is 131 Å². The van der Waals surface area contributed by atoms with E-state index in [1.54, 1.807) is 18.2 Å². The number of nitro benzene ring substituents is 1. The third kappa shape index (κ3) is 4.03. The third-order valence-corrected chi connectivity index (χ3v) is 2.94. The average molecular weight is 315 g/mol. The molecule has 0 heterocycles. The molecule has 0 unspecified atom stereocenters. The lowest BCUT2D eigenvalue weighted by molar-refractivity contribution is -0.384. The van der Waals surface area contributed by atoms with Gasteiger partial charge in [0.05, 0.1) is 12.0 Å². The monoisotopic (exact) mass is 315 g/mol. The Morgan fingerprint density at radius 1 is 1.00 bits per heavy atom. The zero-order valence-electron chi connectivity index (χ0n) is 12.1. The van der Waals surface area contributed by atoms with Crippen molar-refractivity contribution < 1.29 is 19.2 Å². The van der Waals surface area contributed by atoms with Gasteiger partial charge < -0.3 is 4.74 Å². The fourth-order valence-corrected chi connectivity index (χ4v) is 1.78. The van der Waals surface area contributed by atoms with E-state index in [0.29, 0.717) is 11.3 Å². The highest BCUT2D eigenvalue weighted by Gasteiger charge is 2.13. The van der Waals surface area contributed by atoms with E-state index >= 15 is 0 Å². The van der Waals surface area contributed by atoms with Crippen molar-refractivity contribution in [3.8, 4) is 5.75 Å². The van der Waals surface area contributed by atoms with Crippen LogP contribution in [0.4, 0.5) is 5.69 Å². The summed E-state index contributed by atoms with van der Waals surface area (Å²) < 4.78 is 5.00. The minimum absolute atomic E-state index is 0.0603. The number of hydrazine groups is 1. The summed E-state index contributed by atoms with van der Waals surface area (Å²) >= 11 is 0. The highest BCUT2D eigenvalue weighted by Crippen LogP contribution is 2.13. The van der Waals surface area contributed by atoms with Crippen LogP contribution >= 0.6 is 0 Å². The van der Waals surface area contributed by atoms with Crippen molar-refractivity contribution in [2.24, 2.45) is 0 Å². The van der Waals surface area contributed by atoms with E-state index in [0.717, 1.165) is 6.07 Å². The van der Waals surface area contributed by atoms with E-state index in [2.05, 4.69) is 10.9 Å². The number of non-ortho nitro benzene ring substituents is 1. The molecule has 8 nitrogen and oxygen atoms in total. The first-order valence-corrected chi connectivity index (χ1v) is 6.50. The number of amides is 2. The second kappa shape index (κ2) is 7.03. The Balaban J connectivity index is 2.02. The molecule has 0 aliphatic heterocycles. The van der Waals surface area contributed by atoms with E-state index in [1.165, 1.54) is 31.4 Å². The van der Waals surface area contributed by atoms with Crippen molar-refractivity contribution in [1.82, 2.24) is 10.9 Å². The molecule has 118 valence electrons. The summed E-state index contributed by atoms with van der Waals surface area (Å²) in [5.41, 5.74) is 4.58. The van der Waals surface area contributed by atoms with Gasteiger partial charge in [-0.2, -0.15) is 0 Å². The maximum absolute atomic E-state index is 11.9. The van der Waals surface area contributed by atoms with Gasteiger partial charge in [0, 0.05) is 23.3 Å². The van der Waals surface area contributed by atoms with Crippen molar-refractivity contribution >= 4 is 17.5 Å². The number of nitro groups is 1. The van der Waals surface area contributed by atoms with Crippen LogP contribution in [0.1, 0.15) is 20.7 Å². The van der Waals surface area contributed by atoms with Crippen LogP contribution in [0.25, 0.3) is 0 Å². The summed E-state index contributed by atoms with van der Waals surface area (Å²) in [6.45, 7) is 0. The number of hydrogen-bond donors (Lipinski definition) is 2. The molecule has 2 aromatic rings. The molecule has 0 aliphatic rings. The molecular formula is C15H13N3O5. The van der Waals surface area contributed by atoms with Gasteiger partial charge in [-0.1, -0.05) is 12.1 Å². The summed E-state index contributed by atoms with van der Waals surface area (Å²) in [6.07, 6.45) is 0. The standard InChI is InChI=1S/C15H13N3O5/c1-23-13-7-3-5-11(9-13)15(20)17-16-14(19)10-4-2-6-12(8-10)18(21)22/h2-9H,1H3,(H,16,19)(H,17,20). The molecule has 0 aromatic heterocycles. The first-order chi connectivity index (χ1) is 11.0. The summed E-state index contributed by atoms with van der Waals surface area (Å²) in [4.78, 5) is 33.9. The van der Waals surface area contributed by atoms with Gasteiger partial charge in [0.2, 0.25) is 0 Å². The van der Waals surface area contributed by atoms with Crippen LogP contribution in [-0.2, 0) is 0 Å². The molecule has 0 aliphatic carbocycles. The predicted octanol–water partition coefficient (Wildman–Crippen LogP) is 1.68. The molecular weight excluding hydrogens is 302 g/mol. The molecule has 0 radical (unpaired) electrons. The van der Waals surface area contributed by atoms with Crippen LogP contribution in [0.2, 0.25) is 0 Å². The number of benzene rings is 2. The molecule has 2 rings (SSSR count). The van der Waals surface area contributed by atoms with Crippen LogP contribution in [0.3, 0.4) is 0 Å². The Morgan fingerprint density at radius 2 is 1.57 bits per heavy atom. The maximum Gasteiger partial charge on any atom is 0.270 e. The first kappa shape index (κ1) is 16.0. The highest BCUT2D eigenvalue weighted by molar-refractivity contribution is 5.99. The third-order valence-electron chi connectivity index (χ3n) is 2.94. The fourth-order valence-electron chi connectivity index (χ4n) is 1.78. The minimum Gasteiger partial charge on any atom is -0.497 e. The maximum atomic E-state index is 11.9. The second-order valence-corrected chi connectivity index (χ2v) is 4.45. The number of rotatable bonds is 4. The van der Waals surface area contributed by atoms with Gasteiger partial charge in [-0.05, 0) is 24.3 Å². The van der Waals surface area contributed by atoms with E-state index in [9.17, 15) is 19.7 Å². The second-order valence-electron chi connectivity index (χ2n) is 4.45. The van der Waals surface area contributed by atoms with Crippen LogP contribution < -0.4 is 15.6 Å². The van der Waals surface area contributed by atoms with Crippen LogP contribution in [0, 0.1) is 10.1 Å². The SMILES string of the molecule is COc1cccc(C(=O)NNC(=O)c2cccc([N+](=O)[O-])c2)c1. The summed E-state index contributed by atoms with van der Waals surface area (Å²) in [6, 6.07) is 11.6. The van der Waals surface area contributed by atoms with Gasteiger partial charge >= 0.3 is 0 Å². The van der Waals surface area contributed by atoms with E-state index in [1.807, 2.05) is 0 Å². The Kier molecular flexibility index (Phi) is 4.88. The Hall–Kier alpha value is -3.42. The van der Waals surface area contributed by atoms with Crippen molar-refractivity contribution in [3.63, 3.8) is 0 Å². The molecule has 23 heavy (non-hydrogen) atoms. The van der Waals surface area contributed by atoms with Crippen molar-refractivity contribution in [3.05, 3.63) is 69.8 Å². The molecule has 0 fully saturated rings. The van der Waals surface area contributed by atoms with Gasteiger partial charge in [-0.25, -0.2) is 0 Å². The van der Waals surface area contributed by atoms with Crippen molar-refractivity contribution in [2.45, 2.75) is 0 Å². The van der Waals surface area contributed by atoms with Gasteiger partial charge in [-0.3, -0.25) is 30.6 Å². The highest BCUT2D eigenvalue weighted by atomic mass is 16.6. The molecule has 2 N–H and O–H groups in total. The number of hydrogen-bond acceptors (Lipinski definition) is 5. The Bertz CT molecular complexity index is 760. The molecule has 0 bridgehead atoms. The zero-order chi connectivity index (χ0) is 16.8. The fraction of sp³-hybridized carbons (Fsp3) is 0.0667. The number of methoxy groups -OCH3 is 1. The Morgan fingerprint density at radius 3 is 2.13 bits per heavy atom. The number of nitrogens with zero attached hydrogens (tertiary/aromatic N) is 1. The molecule has 0 atom stereocenters. The number of ether oxygens (including phenoxy) is 1. The largest absolute Gasteiger partial charge is 0.497 e. The minimum atomic E-state index is -0.662. The molecule has 0 saturated carbocycles. The predicted molar refractivity (Wildman–Crippen MR) is 81.0 cm³/mol. The molecule has 2 amide bonds. The average Bonchev–Trinajstić information content (AvgIpc) is 2.59. The van der Waals surface area contributed by atoms with Gasteiger partial charge in [0.1, 0.15) is 5.75 Å². The first-order valence-electron chi connectivity index (χ1n) is 6.50. The summed E-state index contributed by atoms with van der Waals surface area (Å²) in [5, 5.41) is 10.7. The normalized spacial score (nSPS) is 9.78. The smallest absolute Gasteiger partial charge is 0.270 e. The number of carbonyl (C=O) groups is 2. The summed E-state index contributed by atoms with van der Waals surface area (Å²) in [7, 11) is 1.47. The van der Waals surface area contributed by atoms with E-state index in [4.69, 9.17) is 4.74 Å². The van der Waals surface area contributed by atoms with Gasteiger partial charge in [0.25, 0.3) is 17.5 Å². The topological polar surface area (TPSA) is 111 Å². The number of carbonyl (C=O) groups excluding carboxylic acids is 2. The van der Waals surface area contributed by atoms with E-state index in [-0.39, 0.29) is 11.3 Å². The quantitative estimate of drug-likeness (QED) is 0.658. The lowest BCUT2D eigenvalue weighted by Gasteiger charge is -2.08. The van der Waals surface area contributed by atoms with Crippen molar-refractivity contribution in [2.75, 3.05) is 7.11 Å². The molecule has 2 aromatic carbocycles. The molecule has 0 saturated heterocycles. The van der Waals surface area contributed by atoms with Gasteiger partial charge in [-0.15, -0.1) is 0 Å². The van der Waals surface area contributed by atoms with Gasteiger partial charge in [0.15, 0.2) is 0 Å². The van der Waals surface area contributed by atoms with E-state index < -0.39 is 16.7 Å².